The molecule has 0 saturated heterocycles. The molecule has 4 nitrogen and oxygen atoms in total. The molecule has 1 aromatic carbocycles. The molecule has 0 spiro atoms. The lowest BCUT2D eigenvalue weighted by Crippen LogP contribution is -2.39. The number of benzene rings is 1. The van der Waals surface area contributed by atoms with Gasteiger partial charge in [0.05, 0.1) is 0 Å². The molecular weight excluding hydrogens is 280 g/mol. The van der Waals surface area contributed by atoms with E-state index in [1.807, 2.05) is 0 Å². The maximum Gasteiger partial charge on any atom is 0.303 e. The Hall–Kier alpha value is -1.98. The Labute approximate surface area is 122 Å². The zero-order chi connectivity index (χ0) is 16.2. The molecule has 1 rings (SSSR count). The number of carbonyl (C=O) groups is 2. The van der Waals surface area contributed by atoms with Gasteiger partial charge in [-0.1, -0.05) is 6.07 Å². The minimum atomic E-state index is -0.973. The molecule has 0 fully saturated rings. The third-order valence-electron chi connectivity index (χ3n) is 3.17. The average molecular weight is 299 g/mol. The highest BCUT2D eigenvalue weighted by atomic mass is 19.1. The van der Waals surface area contributed by atoms with E-state index in [0.717, 1.165) is 6.07 Å². The van der Waals surface area contributed by atoms with Crippen LogP contribution in [0.4, 0.5) is 8.78 Å². The van der Waals surface area contributed by atoms with Crippen molar-refractivity contribution in [2.45, 2.75) is 39.7 Å². The van der Waals surface area contributed by atoms with E-state index in [-0.39, 0.29) is 31.0 Å². The predicted octanol–water partition coefficient (Wildman–Crippen LogP) is 2.99. The minimum absolute atomic E-state index is 0.102. The van der Waals surface area contributed by atoms with Crippen LogP contribution in [0.15, 0.2) is 12.1 Å². The lowest BCUT2D eigenvalue weighted by Gasteiger charge is -2.27. The van der Waals surface area contributed by atoms with Crippen LogP contribution in [-0.4, -0.2) is 34.5 Å². The van der Waals surface area contributed by atoms with Crippen molar-refractivity contribution >= 4 is 11.9 Å². The van der Waals surface area contributed by atoms with E-state index in [0.29, 0.717) is 0 Å². The number of hydrogen-bond donors (Lipinski definition) is 1. The summed E-state index contributed by atoms with van der Waals surface area (Å²) in [6, 6.07) is 2.04. The maximum absolute atomic E-state index is 14.0. The minimum Gasteiger partial charge on any atom is -0.481 e. The van der Waals surface area contributed by atoms with Gasteiger partial charge in [0, 0.05) is 19.0 Å². The summed E-state index contributed by atoms with van der Waals surface area (Å²) in [6.45, 7) is 5.01. The van der Waals surface area contributed by atoms with Crippen LogP contribution in [0.5, 0.6) is 0 Å². The van der Waals surface area contributed by atoms with Crippen molar-refractivity contribution in [2.75, 3.05) is 6.54 Å². The number of carboxylic acids is 1. The summed E-state index contributed by atoms with van der Waals surface area (Å²) in [5, 5.41) is 8.62. The smallest absolute Gasteiger partial charge is 0.303 e. The second-order valence-electron chi connectivity index (χ2n) is 5.14. The lowest BCUT2D eigenvalue weighted by molar-refractivity contribution is -0.137. The van der Waals surface area contributed by atoms with E-state index in [4.69, 9.17) is 5.11 Å². The number of aliphatic carboxylic acids is 1. The van der Waals surface area contributed by atoms with Gasteiger partial charge in [-0.05, 0) is 38.8 Å². The fourth-order valence-electron chi connectivity index (χ4n) is 1.99. The third-order valence-corrected chi connectivity index (χ3v) is 3.17. The van der Waals surface area contributed by atoms with E-state index >= 15 is 0 Å². The maximum atomic E-state index is 14.0. The highest BCUT2D eigenvalue weighted by Gasteiger charge is 2.25. The number of carbonyl (C=O) groups excluding carboxylic acids is 1. The van der Waals surface area contributed by atoms with Crippen molar-refractivity contribution in [2.24, 2.45) is 0 Å². The van der Waals surface area contributed by atoms with E-state index in [2.05, 4.69) is 0 Å². The van der Waals surface area contributed by atoms with E-state index in [1.165, 1.54) is 17.9 Å². The first-order valence-corrected chi connectivity index (χ1v) is 6.73. The number of halogens is 2. The van der Waals surface area contributed by atoms with Crippen LogP contribution >= 0.6 is 0 Å². The molecule has 1 N–H and O–H groups in total. The monoisotopic (exact) mass is 299 g/mol. The summed E-state index contributed by atoms with van der Waals surface area (Å²) < 4.78 is 27.8. The van der Waals surface area contributed by atoms with Gasteiger partial charge in [-0.15, -0.1) is 0 Å². The van der Waals surface area contributed by atoms with Crippen LogP contribution in [0, 0.1) is 18.6 Å². The fraction of sp³-hybridized carbons (Fsp3) is 0.467. The average Bonchev–Trinajstić information content (AvgIpc) is 2.38. The van der Waals surface area contributed by atoms with Gasteiger partial charge in [-0.2, -0.15) is 0 Å². The first kappa shape index (κ1) is 17.1. The van der Waals surface area contributed by atoms with Crippen LogP contribution in [-0.2, 0) is 4.79 Å². The summed E-state index contributed by atoms with van der Waals surface area (Å²) in [4.78, 5) is 24.2. The molecule has 6 heteroatoms. The Morgan fingerprint density at radius 1 is 1.29 bits per heavy atom. The van der Waals surface area contributed by atoms with E-state index in [1.54, 1.807) is 13.8 Å². The van der Waals surface area contributed by atoms with Gasteiger partial charge in [0.1, 0.15) is 17.2 Å². The Morgan fingerprint density at radius 2 is 1.90 bits per heavy atom. The molecular formula is C15H19F2NO3. The number of hydrogen-bond acceptors (Lipinski definition) is 2. The van der Waals surface area contributed by atoms with Gasteiger partial charge in [0.15, 0.2) is 0 Å². The Morgan fingerprint density at radius 3 is 2.43 bits per heavy atom. The zero-order valence-corrected chi connectivity index (χ0v) is 12.3. The van der Waals surface area contributed by atoms with Crippen molar-refractivity contribution in [1.82, 2.24) is 4.90 Å². The topological polar surface area (TPSA) is 57.6 Å². The molecule has 0 aliphatic heterocycles. The van der Waals surface area contributed by atoms with Crippen LogP contribution in [0.3, 0.4) is 0 Å². The van der Waals surface area contributed by atoms with Crippen molar-refractivity contribution in [3.05, 3.63) is 34.9 Å². The van der Waals surface area contributed by atoms with Crippen LogP contribution in [0.25, 0.3) is 0 Å². The molecule has 0 bridgehead atoms. The summed E-state index contributed by atoms with van der Waals surface area (Å²) in [7, 11) is 0. The lowest BCUT2D eigenvalue weighted by atomic mass is 10.1. The molecule has 1 aromatic rings. The second kappa shape index (κ2) is 7.15. The van der Waals surface area contributed by atoms with Gasteiger partial charge in [0.2, 0.25) is 0 Å². The zero-order valence-electron chi connectivity index (χ0n) is 12.3. The normalized spacial score (nSPS) is 10.8. The first-order chi connectivity index (χ1) is 9.75. The van der Waals surface area contributed by atoms with Crippen molar-refractivity contribution < 1.29 is 23.5 Å². The molecule has 0 aliphatic carbocycles. The first-order valence-electron chi connectivity index (χ1n) is 6.73. The Kier molecular flexibility index (Phi) is 5.81. The third kappa shape index (κ3) is 4.24. The number of rotatable bonds is 6. The Balaban J connectivity index is 3.01. The van der Waals surface area contributed by atoms with Gasteiger partial charge >= 0.3 is 5.97 Å². The molecule has 0 radical (unpaired) electrons. The highest BCUT2D eigenvalue weighted by molar-refractivity contribution is 5.95. The van der Waals surface area contributed by atoms with E-state index < -0.39 is 29.1 Å². The Bertz CT molecular complexity index is 544. The predicted molar refractivity (Wildman–Crippen MR) is 74.1 cm³/mol. The van der Waals surface area contributed by atoms with Gasteiger partial charge < -0.3 is 10.0 Å². The summed E-state index contributed by atoms with van der Waals surface area (Å²) in [5.74, 6) is -3.51. The molecule has 0 heterocycles. The number of carboxylic acid groups (broad SMARTS) is 1. The number of aryl methyl sites for hydroxylation is 1. The quantitative estimate of drug-likeness (QED) is 0.878. The van der Waals surface area contributed by atoms with Gasteiger partial charge in [-0.25, -0.2) is 8.78 Å². The second-order valence-corrected chi connectivity index (χ2v) is 5.14. The number of nitrogens with zero attached hydrogens (tertiary/aromatic N) is 1. The highest BCUT2D eigenvalue weighted by Crippen LogP contribution is 2.19. The summed E-state index contributed by atoms with van der Waals surface area (Å²) in [5.41, 5.74) is -0.395. The molecule has 0 unspecified atom stereocenters. The van der Waals surface area contributed by atoms with Crippen molar-refractivity contribution in [1.29, 1.82) is 0 Å². The summed E-state index contributed by atoms with van der Waals surface area (Å²) >= 11 is 0. The van der Waals surface area contributed by atoms with Crippen molar-refractivity contribution in [3.8, 4) is 0 Å². The number of amides is 1. The molecule has 0 saturated carbocycles. The van der Waals surface area contributed by atoms with Crippen LogP contribution < -0.4 is 0 Å². The van der Waals surface area contributed by atoms with E-state index in [9.17, 15) is 18.4 Å². The molecule has 1 amide bonds. The largest absolute Gasteiger partial charge is 0.481 e. The van der Waals surface area contributed by atoms with Crippen LogP contribution in [0.2, 0.25) is 0 Å². The summed E-state index contributed by atoms with van der Waals surface area (Å²) in [6.07, 6.45) is 0.129. The molecule has 0 atom stereocenters. The van der Waals surface area contributed by atoms with Crippen molar-refractivity contribution in [3.63, 3.8) is 0 Å². The molecule has 116 valence electrons. The SMILES string of the molecule is Cc1ccc(F)c(C(=O)N(CCCC(=O)O)C(C)C)c1F. The molecule has 0 aromatic heterocycles. The van der Waals surface area contributed by atoms with Gasteiger partial charge in [-0.3, -0.25) is 9.59 Å². The molecule has 21 heavy (non-hydrogen) atoms. The fourth-order valence-corrected chi connectivity index (χ4v) is 1.99. The molecule has 0 aliphatic rings. The standard InChI is InChI=1S/C15H19F2NO3/c1-9(2)18(8-4-5-12(19)20)15(21)13-11(16)7-6-10(3)14(13)17/h6-7,9H,4-5,8H2,1-3H3,(H,19,20). The van der Waals surface area contributed by atoms with Crippen LogP contribution in [0.1, 0.15) is 42.6 Å². The van der Waals surface area contributed by atoms with Gasteiger partial charge in [0.25, 0.3) is 5.91 Å².